The largest absolute Gasteiger partial charge is 0.497 e. The van der Waals surface area contributed by atoms with E-state index in [9.17, 15) is 4.79 Å². The normalized spacial score (nSPS) is 18.3. The predicted molar refractivity (Wildman–Crippen MR) is 93.6 cm³/mol. The zero-order chi connectivity index (χ0) is 17.1. The van der Waals surface area contributed by atoms with Gasteiger partial charge in [-0.2, -0.15) is 5.10 Å². The molecule has 1 amide bonds. The Morgan fingerprint density at radius 3 is 2.62 bits per heavy atom. The summed E-state index contributed by atoms with van der Waals surface area (Å²) in [7, 11) is 1.68. The standard InChI is InChI=1S/C19H25N3O2/c1-13-18(14(2)21-20-13)19(23)22-11-5-4-6-16(12-22)15-7-9-17(24-3)10-8-15/h7-10,16H,4-6,11-12H2,1-3H3,(H,20,21). The lowest BCUT2D eigenvalue weighted by Gasteiger charge is -2.25. The third kappa shape index (κ3) is 3.30. The molecule has 2 heterocycles. The summed E-state index contributed by atoms with van der Waals surface area (Å²) < 4.78 is 5.24. The van der Waals surface area contributed by atoms with Gasteiger partial charge in [0.25, 0.3) is 5.91 Å². The molecule has 5 nitrogen and oxygen atoms in total. The fraction of sp³-hybridized carbons (Fsp3) is 0.474. The Hall–Kier alpha value is -2.30. The van der Waals surface area contributed by atoms with Gasteiger partial charge < -0.3 is 9.64 Å². The highest BCUT2D eigenvalue weighted by Gasteiger charge is 2.26. The van der Waals surface area contributed by atoms with E-state index in [-0.39, 0.29) is 5.91 Å². The number of nitrogens with one attached hydrogen (secondary N) is 1. The third-order valence-corrected chi connectivity index (χ3v) is 4.89. The molecule has 0 aliphatic carbocycles. The Morgan fingerprint density at radius 2 is 2.00 bits per heavy atom. The zero-order valence-electron chi connectivity index (χ0n) is 14.6. The van der Waals surface area contributed by atoms with Crippen LogP contribution in [0, 0.1) is 13.8 Å². The van der Waals surface area contributed by atoms with Crippen LogP contribution in [0.5, 0.6) is 5.75 Å². The maximum Gasteiger partial charge on any atom is 0.257 e. The fourth-order valence-corrected chi connectivity index (χ4v) is 3.50. The number of rotatable bonds is 3. The van der Waals surface area contributed by atoms with Crippen LogP contribution in [0.1, 0.15) is 52.5 Å². The summed E-state index contributed by atoms with van der Waals surface area (Å²) in [5, 5.41) is 7.08. The van der Waals surface area contributed by atoms with E-state index >= 15 is 0 Å². The van der Waals surface area contributed by atoms with Gasteiger partial charge in [0.15, 0.2) is 0 Å². The Bertz CT molecular complexity index is 686. The lowest BCUT2D eigenvalue weighted by molar-refractivity contribution is 0.0753. The van der Waals surface area contributed by atoms with E-state index in [1.54, 1.807) is 7.11 Å². The van der Waals surface area contributed by atoms with E-state index in [1.807, 2.05) is 30.9 Å². The van der Waals surface area contributed by atoms with Crippen LogP contribution in [0.15, 0.2) is 24.3 Å². The molecule has 1 aromatic carbocycles. The summed E-state index contributed by atoms with van der Waals surface area (Å²) in [4.78, 5) is 15.0. The number of benzene rings is 1. The molecule has 128 valence electrons. The molecular weight excluding hydrogens is 302 g/mol. The molecule has 1 aromatic heterocycles. The van der Waals surface area contributed by atoms with Crippen LogP contribution < -0.4 is 4.74 Å². The highest BCUT2D eigenvalue weighted by Crippen LogP contribution is 2.29. The number of carbonyl (C=O) groups excluding carboxylic acids is 1. The van der Waals surface area contributed by atoms with Gasteiger partial charge in [-0.1, -0.05) is 18.6 Å². The first kappa shape index (κ1) is 16.6. The van der Waals surface area contributed by atoms with Crippen molar-refractivity contribution in [1.82, 2.24) is 15.1 Å². The van der Waals surface area contributed by atoms with Gasteiger partial charge in [-0.3, -0.25) is 9.89 Å². The second-order valence-electron chi connectivity index (χ2n) is 6.53. The molecule has 1 N–H and O–H groups in total. The van der Waals surface area contributed by atoms with Crippen LogP contribution in [-0.4, -0.2) is 41.2 Å². The van der Waals surface area contributed by atoms with Crippen LogP contribution in [0.3, 0.4) is 0 Å². The number of hydrogen-bond donors (Lipinski definition) is 1. The van der Waals surface area contributed by atoms with E-state index < -0.39 is 0 Å². The van der Waals surface area contributed by atoms with Crippen molar-refractivity contribution in [2.24, 2.45) is 0 Å². The van der Waals surface area contributed by atoms with Crippen LogP contribution in [0.4, 0.5) is 0 Å². The summed E-state index contributed by atoms with van der Waals surface area (Å²) in [6.45, 7) is 5.37. The van der Waals surface area contributed by atoms with E-state index in [0.717, 1.165) is 55.1 Å². The number of H-pyrrole nitrogens is 1. The molecule has 3 rings (SSSR count). The highest BCUT2D eigenvalue weighted by atomic mass is 16.5. The van der Waals surface area contributed by atoms with Crippen LogP contribution in [0.25, 0.3) is 0 Å². The van der Waals surface area contributed by atoms with Crippen LogP contribution in [-0.2, 0) is 0 Å². The number of ether oxygens (including phenoxy) is 1. The molecule has 1 unspecified atom stereocenters. The number of amides is 1. The van der Waals surface area contributed by atoms with E-state index in [0.29, 0.717) is 5.92 Å². The zero-order valence-corrected chi connectivity index (χ0v) is 14.6. The average Bonchev–Trinajstić information content (AvgIpc) is 2.80. The van der Waals surface area contributed by atoms with Gasteiger partial charge in [0.05, 0.1) is 18.4 Å². The molecule has 5 heteroatoms. The maximum absolute atomic E-state index is 13.0. The van der Waals surface area contributed by atoms with Gasteiger partial charge >= 0.3 is 0 Å². The van der Waals surface area contributed by atoms with Crippen molar-refractivity contribution in [3.63, 3.8) is 0 Å². The summed E-state index contributed by atoms with van der Waals surface area (Å²) in [5.41, 5.74) is 3.63. The number of aromatic nitrogens is 2. The van der Waals surface area contributed by atoms with Crippen molar-refractivity contribution in [3.8, 4) is 5.75 Å². The molecule has 1 atom stereocenters. The number of methoxy groups -OCH3 is 1. The van der Waals surface area contributed by atoms with Crippen molar-refractivity contribution in [3.05, 3.63) is 46.8 Å². The van der Waals surface area contributed by atoms with Crippen LogP contribution in [0.2, 0.25) is 0 Å². The summed E-state index contributed by atoms with van der Waals surface area (Å²) in [5.74, 6) is 1.33. The number of likely N-dealkylation sites (tertiary alicyclic amines) is 1. The van der Waals surface area contributed by atoms with E-state index in [4.69, 9.17) is 4.74 Å². The molecule has 0 saturated carbocycles. The number of aromatic amines is 1. The summed E-state index contributed by atoms with van der Waals surface area (Å²) in [6, 6.07) is 8.23. The Morgan fingerprint density at radius 1 is 1.25 bits per heavy atom. The van der Waals surface area contributed by atoms with E-state index in [1.165, 1.54) is 5.56 Å². The molecule has 1 aliphatic rings. The molecule has 0 bridgehead atoms. The van der Waals surface area contributed by atoms with Crippen LogP contribution >= 0.6 is 0 Å². The minimum Gasteiger partial charge on any atom is -0.497 e. The minimum atomic E-state index is 0.0964. The number of aryl methyl sites for hydroxylation is 2. The molecule has 0 radical (unpaired) electrons. The smallest absolute Gasteiger partial charge is 0.257 e. The SMILES string of the molecule is COc1ccc(C2CCCCN(C(=O)c3c(C)n[nH]c3C)C2)cc1. The minimum absolute atomic E-state index is 0.0964. The number of nitrogens with zero attached hydrogens (tertiary/aromatic N) is 2. The topological polar surface area (TPSA) is 58.2 Å². The molecule has 0 spiro atoms. The Labute approximate surface area is 143 Å². The Balaban J connectivity index is 1.80. The number of carbonyl (C=O) groups is 1. The summed E-state index contributed by atoms with van der Waals surface area (Å²) >= 11 is 0. The monoisotopic (exact) mass is 327 g/mol. The van der Waals surface area contributed by atoms with Gasteiger partial charge in [-0.15, -0.1) is 0 Å². The molecule has 1 fully saturated rings. The van der Waals surface area contributed by atoms with Gasteiger partial charge in [0, 0.05) is 24.7 Å². The van der Waals surface area contributed by atoms with Gasteiger partial charge in [0.1, 0.15) is 5.75 Å². The quantitative estimate of drug-likeness (QED) is 0.939. The second kappa shape index (κ2) is 7.07. The molecule has 1 saturated heterocycles. The van der Waals surface area contributed by atoms with Crippen molar-refractivity contribution < 1.29 is 9.53 Å². The average molecular weight is 327 g/mol. The highest BCUT2D eigenvalue weighted by molar-refractivity contribution is 5.96. The molecule has 2 aromatic rings. The van der Waals surface area contributed by atoms with Gasteiger partial charge in [-0.05, 0) is 44.4 Å². The van der Waals surface area contributed by atoms with Crippen molar-refractivity contribution in [1.29, 1.82) is 0 Å². The first-order chi connectivity index (χ1) is 11.6. The Kier molecular flexibility index (Phi) is 4.88. The maximum atomic E-state index is 13.0. The summed E-state index contributed by atoms with van der Waals surface area (Å²) in [6.07, 6.45) is 3.30. The van der Waals surface area contributed by atoms with Crippen molar-refractivity contribution >= 4 is 5.91 Å². The molecule has 24 heavy (non-hydrogen) atoms. The van der Waals surface area contributed by atoms with Crippen molar-refractivity contribution in [2.75, 3.05) is 20.2 Å². The van der Waals surface area contributed by atoms with E-state index in [2.05, 4.69) is 22.3 Å². The fourth-order valence-electron chi connectivity index (χ4n) is 3.50. The molecule has 1 aliphatic heterocycles. The first-order valence-electron chi connectivity index (χ1n) is 8.55. The lowest BCUT2D eigenvalue weighted by Crippen LogP contribution is -2.34. The third-order valence-electron chi connectivity index (χ3n) is 4.89. The molecular formula is C19H25N3O2. The van der Waals surface area contributed by atoms with Crippen molar-refractivity contribution in [2.45, 2.75) is 39.0 Å². The van der Waals surface area contributed by atoms with Gasteiger partial charge in [0.2, 0.25) is 0 Å². The second-order valence-corrected chi connectivity index (χ2v) is 6.53. The first-order valence-corrected chi connectivity index (χ1v) is 8.55. The predicted octanol–water partition coefficient (Wildman–Crippen LogP) is 3.45. The number of hydrogen-bond acceptors (Lipinski definition) is 3. The lowest BCUT2D eigenvalue weighted by atomic mass is 9.94. The van der Waals surface area contributed by atoms with Gasteiger partial charge in [-0.25, -0.2) is 0 Å².